The van der Waals surface area contributed by atoms with Gasteiger partial charge < -0.3 is 18.6 Å². The van der Waals surface area contributed by atoms with E-state index in [0.29, 0.717) is 18.8 Å². The van der Waals surface area contributed by atoms with Crippen LogP contribution in [0.25, 0.3) is 11.0 Å². The summed E-state index contributed by atoms with van der Waals surface area (Å²) in [7, 11) is 1.49. The maximum absolute atomic E-state index is 14.4. The average molecular weight is 598 g/mol. The molecule has 3 aromatic carbocycles. The van der Waals surface area contributed by atoms with Gasteiger partial charge in [-0.15, -0.1) is 0 Å². The molecule has 1 aromatic heterocycles. The van der Waals surface area contributed by atoms with Crippen LogP contribution in [0.4, 0.5) is 13.2 Å². The van der Waals surface area contributed by atoms with E-state index >= 15 is 0 Å². The molecule has 0 atom stereocenters. The maximum Gasteiger partial charge on any atom is 0.453 e. The molecule has 0 saturated heterocycles. The number of hydrogen-bond donors (Lipinski definition) is 0. The Bertz CT molecular complexity index is 1660. The summed E-state index contributed by atoms with van der Waals surface area (Å²) in [4.78, 5) is 28.7. The van der Waals surface area contributed by atoms with Gasteiger partial charge in [0.2, 0.25) is 11.2 Å². The highest BCUT2D eigenvalue weighted by atomic mass is 19.4. The van der Waals surface area contributed by atoms with Gasteiger partial charge in [0.1, 0.15) is 22.8 Å². The maximum atomic E-state index is 14.4. The third-order valence-corrected chi connectivity index (χ3v) is 7.02. The van der Waals surface area contributed by atoms with E-state index in [4.69, 9.17) is 18.6 Å². The predicted molar refractivity (Wildman–Crippen MR) is 157 cm³/mol. The van der Waals surface area contributed by atoms with Crippen molar-refractivity contribution in [2.24, 2.45) is 0 Å². The molecule has 0 aliphatic heterocycles. The third kappa shape index (κ3) is 7.19. The van der Waals surface area contributed by atoms with E-state index in [1.165, 1.54) is 37.4 Å². The molecular formula is C33H34F3NO6. The molecule has 0 aliphatic carbocycles. The van der Waals surface area contributed by atoms with Crippen LogP contribution in [0.1, 0.15) is 59.5 Å². The number of alkyl halides is 3. The van der Waals surface area contributed by atoms with Crippen LogP contribution in [-0.2, 0) is 12.7 Å². The summed E-state index contributed by atoms with van der Waals surface area (Å²) in [5, 5.41) is -0.126. The van der Waals surface area contributed by atoms with Crippen molar-refractivity contribution in [1.82, 2.24) is 4.90 Å². The van der Waals surface area contributed by atoms with E-state index in [9.17, 15) is 22.8 Å². The van der Waals surface area contributed by atoms with Crippen molar-refractivity contribution in [3.63, 3.8) is 0 Å². The lowest BCUT2D eigenvalue weighted by Gasteiger charge is -2.23. The number of esters is 1. The van der Waals surface area contributed by atoms with Gasteiger partial charge in [0.15, 0.2) is 0 Å². The highest BCUT2D eigenvalue weighted by Gasteiger charge is 2.41. The molecule has 43 heavy (non-hydrogen) atoms. The highest BCUT2D eigenvalue weighted by molar-refractivity contribution is 5.92. The number of carbonyl (C=O) groups excluding carboxylic acids is 1. The Morgan fingerprint density at radius 3 is 2.14 bits per heavy atom. The zero-order chi connectivity index (χ0) is 31.3. The first kappa shape index (κ1) is 31.6. The lowest BCUT2D eigenvalue weighted by Crippen LogP contribution is -2.26. The average Bonchev–Trinajstić information content (AvgIpc) is 2.97. The van der Waals surface area contributed by atoms with Crippen molar-refractivity contribution in [3.05, 3.63) is 92.8 Å². The van der Waals surface area contributed by atoms with Gasteiger partial charge in [-0.3, -0.25) is 9.69 Å². The number of carbonyl (C=O) groups is 1. The van der Waals surface area contributed by atoms with Gasteiger partial charge in [-0.05, 0) is 99.4 Å². The summed E-state index contributed by atoms with van der Waals surface area (Å²) in [6, 6.07) is 13.6. The monoisotopic (exact) mass is 597 g/mol. The molecule has 7 nitrogen and oxygen atoms in total. The van der Waals surface area contributed by atoms with Crippen molar-refractivity contribution in [2.75, 3.05) is 20.2 Å². The van der Waals surface area contributed by atoms with E-state index in [-0.39, 0.29) is 40.1 Å². The zero-order valence-corrected chi connectivity index (χ0v) is 24.8. The lowest BCUT2D eigenvalue weighted by molar-refractivity contribution is -0.154. The summed E-state index contributed by atoms with van der Waals surface area (Å²) < 4.78 is 65.1. The Morgan fingerprint density at radius 1 is 0.907 bits per heavy atom. The second kappa shape index (κ2) is 13.3. The van der Waals surface area contributed by atoms with Crippen LogP contribution in [0.3, 0.4) is 0 Å². The van der Waals surface area contributed by atoms with Gasteiger partial charge in [0.25, 0.3) is 5.76 Å². The second-order valence-corrected chi connectivity index (χ2v) is 10.2. The second-order valence-electron chi connectivity index (χ2n) is 10.2. The largest absolute Gasteiger partial charge is 0.497 e. The molecule has 0 fully saturated rings. The Kier molecular flexibility index (Phi) is 9.80. The molecule has 0 bridgehead atoms. The number of aryl methyl sites for hydroxylation is 2. The molecule has 0 radical (unpaired) electrons. The minimum Gasteiger partial charge on any atom is -0.497 e. The van der Waals surface area contributed by atoms with Crippen LogP contribution in [-0.4, -0.2) is 31.1 Å². The van der Waals surface area contributed by atoms with Crippen molar-refractivity contribution < 1.29 is 36.6 Å². The Labute approximate surface area is 247 Å². The number of benzene rings is 3. The number of methoxy groups -OCH3 is 1. The zero-order valence-electron chi connectivity index (χ0n) is 24.8. The standard InChI is InChI=1S/C33H34F3NO6/c1-6-16-37(17-7-2)19-26-27(42-32(39)22-9-12-23(40-5)13-10-22)15-14-25-28(38)30(31(33(34,35)36)43-29(25)26)41-24-11-8-20(3)21(4)18-24/h8-15,18H,6-7,16-17,19H2,1-5H3. The molecule has 228 valence electrons. The first-order valence-corrected chi connectivity index (χ1v) is 14.0. The van der Waals surface area contributed by atoms with E-state index in [0.717, 1.165) is 24.0 Å². The van der Waals surface area contributed by atoms with Crippen molar-refractivity contribution in [2.45, 2.75) is 53.3 Å². The van der Waals surface area contributed by atoms with Gasteiger partial charge in [0, 0.05) is 6.54 Å². The number of nitrogens with zero attached hydrogens (tertiary/aromatic N) is 1. The molecular weight excluding hydrogens is 563 g/mol. The van der Waals surface area contributed by atoms with Crippen LogP contribution in [0, 0.1) is 13.8 Å². The van der Waals surface area contributed by atoms with E-state index in [1.54, 1.807) is 31.2 Å². The smallest absolute Gasteiger partial charge is 0.453 e. The summed E-state index contributed by atoms with van der Waals surface area (Å²) >= 11 is 0. The topological polar surface area (TPSA) is 78.2 Å². The summed E-state index contributed by atoms with van der Waals surface area (Å²) in [6.45, 7) is 8.94. The highest BCUT2D eigenvalue weighted by Crippen LogP contribution is 2.40. The Hall–Kier alpha value is -4.31. The summed E-state index contributed by atoms with van der Waals surface area (Å²) in [5.41, 5.74) is 0.760. The fraction of sp³-hybridized carbons (Fsp3) is 0.333. The Morgan fingerprint density at radius 2 is 1.56 bits per heavy atom. The van der Waals surface area contributed by atoms with Crippen LogP contribution < -0.4 is 19.6 Å². The number of fused-ring (bicyclic) bond motifs is 1. The fourth-order valence-electron chi connectivity index (χ4n) is 4.71. The van der Waals surface area contributed by atoms with Gasteiger partial charge in [-0.25, -0.2) is 4.79 Å². The molecule has 0 aliphatic rings. The van der Waals surface area contributed by atoms with Crippen LogP contribution in [0.15, 0.2) is 63.8 Å². The summed E-state index contributed by atoms with van der Waals surface area (Å²) in [6.07, 6.45) is -3.50. The van der Waals surface area contributed by atoms with Gasteiger partial charge in [-0.2, -0.15) is 13.2 Å². The van der Waals surface area contributed by atoms with Crippen LogP contribution in [0.5, 0.6) is 23.0 Å². The van der Waals surface area contributed by atoms with E-state index in [2.05, 4.69) is 0 Å². The minimum absolute atomic E-state index is 0.00961. The van der Waals surface area contributed by atoms with Crippen LogP contribution >= 0.6 is 0 Å². The lowest BCUT2D eigenvalue weighted by atomic mass is 10.1. The molecule has 0 saturated carbocycles. The molecule has 0 N–H and O–H groups in total. The fourth-order valence-corrected chi connectivity index (χ4v) is 4.71. The molecule has 4 aromatic rings. The summed E-state index contributed by atoms with van der Waals surface area (Å²) in [5.74, 6) is -2.66. The minimum atomic E-state index is -5.05. The number of ether oxygens (including phenoxy) is 3. The van der Waals surface area contributed by atoms with Crippen molar-refractivity contribution in [1.29, 1.82) is 0 Å². The van der Waals surface area contributed by atoms with Crippen molar-refractivity contribution in [3.8, 4) is 23.0 Å². The van der Waals surface area contributed by atoms with Gasteiger partial charge in [-0.1, -0.05) is 19.9 Å². The molecule has 0 amide bonds. The third-order valence-electron chi connectivity index (χ3n) is 7.02. The number of hydrogen-bond acceptors (Lipinski definition) is 7. The number of rotatable bonds is 11. The van der Waals surface area contributed by atoms with E-state index < -0.39 is 29.1 Å². The van der Waals surface area contributed by atoms with E-state index in [1.807, 2.05) is 25.7 Å². The molecule has 10 heteroatoms. The van der Waals surface area contributed by atoms with Crippen molar-refractivity contribution >= 4 is 16.9 Å². The quantitative estimate of drug-likeness (QED) is 0.128. The van der Waals surface area contributed by atoms with Crippen LogP contribution in [0.2, 0.25) is 0 Å². The molecule has 4 rings (SSSR count). The molecule has 1 heterocycles. The first-order valence-electron chi connectivity index (χ1n) is 14.0. The number of halogens is 3. The predicted octanol–water partition coefficient (Wildman–Crippen LogP) is 8.07. The SMILES string of the molecule is CCCN(CCC)Cc1c(OC(=O)c2ccc(OC)cc2)ccc2c(=O)c(Oc3ccc(C)c(C)c3)c(C(F)(F)F)oc12. The molecule has 0 spiro atoms. The normalized spacial score (nSPS) is 11.7. The Balaban J connectivity index is 1.90. The first-order chi connectivity index (χ1) is 20.5. The van der Waals surface area contributed by atoms with Gasteiger partial charge in [0.05, 0.1) is 23.6 Å². The molecule has 0 unspecified atom stereocenters. The van der Waals surface area contributed by atoms with Gasteiger partial charge >= 0.3 is 12.1 Å².